The third kappa shape index (κ3) is 3.51. The van der Waals surface area contributed by atoms with Gasteiger partial charge < -0.3 is 16.4 Å². The predicted molar refractivity (Wildman–Crippen MR) is 93.6 cm³/mol. The third-order valence-electron chi connectivity index (χ3n) is 5.15. The van der Waals surface area contributed by atoms with E-state index < -0.39 is 17.5 Å². The Bertz CT molecular complexity index is 678. The number of carbonyl (C=O) groups excluding carboxylic acids is 3. The minimum absolute atomic E-state index is 0.277. The van der Waals surface area contributed by atoms with Crippen LogP contribution < -0.4 is 16.4 Å². The predicted octanol–water partition coefficient (Wildman–Crippen LogP) is 1.58. The van der Waals surface area contributed by atoms with Crippen LogP contribution in [-0.2, 0) is 16.1 Å². The molecule has 1 aliphatic carbocycles. The lowest BCUT2D eigenvalue weighted by atomic mass is 9.77. The Morgan fingerprint density at radius 1 is 1.28 bits per heavy atom. The van der Waals surface area contributed by atoms with Crippen LogP contribution in [0.1, 0.15) is 38.2 Å². The summed E-state index contributed by atoms with van der Waals surface area (Å²) in [7, 11) is 0. The van der Waals surface area contributed by atoms with Gasteiger partial charge in [0.2, 0.25) is 5.91 Å². The summed E-state index contributed by atoms with van der Waals surface area (Å²) in [4.78, 5) is 38.2. The number of nitrogens with two attached hydrogens (primary N) is 1. The first kappa shape index (κ1) is 17.4. The summed E-state index contributed by atoms with van der Waals surface area (Å²) in [6, 6.07) is 6.66. The first-order valence-electron chi connectivity index (χ1n) is 8.66. The maximum atomic E-state index is 12.7. The van der Waals surface area contributed by atoms with E-state index in [2.05, 4.69) is 17.6 Å². The van der Waals surface area contributed by atoms with Crippen LogP contribution in [0.15, 0.2) is 24.3 Å². The molecule has 1 saturated carbocycles. The molecule has 1 aromatic rings. The van der Waals surface area contributed by atoms with Crippen molar-refractivity contribution in [3.63, 3.8) is 0 Å². The van der Waals surface area contributed by atoms with Crippen molar-refractivity contribution in [3.05, 3.63) is 29.8 Å². The van der Waals surface area contributed by atoms with Gasteiger partial charge in [0.25, 0.3) is 5.91 Å². The van der Waals surface area contributed by atoms with Gasteiger partial charge in [-0.3, -0.25) is 14.5 Å². The minimum Gasteiger partial charge on any atom is -0.326 e. The van der Waals surface area contributed by atoms with Crippen LogP contribution in [0.2, 0.25) is 0 Å². The number of urea groups is 1. The number of amides is 4. The molecule has 1 saturated heterocycles. The van der Waals surface area contributed by atoms with Gasteiger partial charge in [-0.2, -0.15) is 0 Å². The van der Waals surface area contributed by atoms with E-state index in [1.54, 1.807) is 12.1 Å². The van der Waals surface area contributed by atoms with Gasteiger partial charge in [-0.15, -0.1) is 0 Å². The number of imide groups is 1. The van der Waals surface area contributed by atoms with Crippen molar-refractivity contribution in [1.82, 2.24) is 10.2 Å². The Morgan fingerprint density at radius 2 is 1.92 bits per heavy atom. The lowest BCUT2D eigenvalue weighted by Crippen LogP contribution is -2.49. The molecule has 4 amide bonds. The molecule has 0 atom stereocenters. The van der Waals surface area contributed by atoms with Crippen molar-refractivity contribution < 1.29 is 14.4 Å². The number of rotatable bonds is 4. The molecule has 0 aromatic heterocycles. The molecule has 1 aromatic carbocycles. The number of nitrogens with one attached hydrogen (secondary N) is 2. The second-order valence-corrected chi connectivity index (χ2v) is 7.04. The molecule has 7 heteroatoms. The number of hydrogen-bond acceptors (Lipinski definition) is 4. The molecule has 2 fully saturated rings. The summed E-state index contributed by atoms with van der Waals surface area (Å²) in [5.41, 5.74) is 6.29. The van der Waals surface area contributed by atoms with Crippen LogP contribution in [0.4, 0.5) is 10.5 Å². The summed E-state index contributed by atoms with van der Waals surface area (Å²) in [5.74, 6) is -0.118. The molecule has 2 aliphatic rings. The average molecular weight is 344 g/mol. The Labute approximate surface area is 146 Å². The van der Waals surface area contributed by atoms with E-state index in [0.717, 1.165) is 23.3 Å². The van der Waals surface area contributed by atoms with Crippen LogP contribution in [-0.4, -0.2) is 34.8 Å². The van der Waals surface area contributed by atoms with Gasteiger partial charge in [0.1, 0.15) is 12.1 Å². The highest BCUT2D eigenvalue weighted by molar-refractivity contribution is 6.10. The van der Waals surface area contributed by atoms with Crippen molar-refractivity contribution in [3.8, 4) is 0 Å². The zero-order valence-corrected chi connectivity index (χ0v) is 14.4. The normalized spacial score (nSPS) is 26.0. The van der Waals surface area contributed by atoms with Gasteiger partial charge >= 0.3 is 6.03 Å². The maximum absolute atomic E-state index is 12.7. The number of nitrogens with zero attached hydrogens (tertiary/aromatic N) is 1. The van der Waals surface area contributed by atoms with Gasteiger partial charge in [0.05, 0.1) is 0 Å². The second kappa shape index (κ2) is 6.84. The number of carbonyl (C=O) groups is 3. The monoisotopic (exact) mass is 344 g/mol. The van der Waals surface area contributed by atoms with Gasteiger partial charge in [0.15, 0.2) is 0 Å². The molecule has 1 aliphatic heterocycles. The van der Waals surface area contributed by atoms with E-state index in [1.807, 2.05) is 12.1 Å². The van der Waals surface area contributed by atoms with Crippen molar-refractivity contribution in [2.45, 2.75) is 44.7 Å². The lowest BCUT2D eigenvalue weighted by molar-refractivity contribution is -0.135. The molecule has 3 rings (SSSR count). The van der Waals surface area contributed by atoms with Crippen molar-refractivity contribution in [1.29, 1.82) is 0 Å². The number of benzene rings is 1. The van der Waals surface area contributed by atoms with E-state index in [1.165, 1.54) is 0 Å². The fourth-order valence-corrected chi connectivity index (χ4v) is 3.48. The SMILES string of the molecule is CC1CCC2(CC1)NC(=O)N(CC(=O)Nc1ccc(CN)cc1)C2=O. The van der Waals surface area contributed by atoms with Gasteiger partial charge in [0, 0.05) is 12.2 Å². The largest absolute Gasteiger partial charge is 0.326 e. The number of anilines is 1. The Kier molecular flexibility index (Phi) is 4.76. The quantitative estimate of drug-likeness (QED) is 0.721. The number of hydrogen-bond donors (Lipinski definition) is 3. The Hall–Kier alpha value is -2.41. The van der Waals surface area contributed by atoms with Crippen molar-refractivity contribution in [2.75, 3.05) is 11.9 Å². The molecule has 0 bridgehead atoms. The van der Waals surface area contributed by atoms with Crippen LogP contribution in [0.25, 0.3) is 0 Å². The molecule has 0 unspecified atom stereocenters. The fourth-order valence-electron chi connectivity index (χ4n) is 3.48. The average Bonchev–Trinajstić information content (AvgIpc) is 2.83. The van der Waals surface area contributed by atoms with Crippen LogP contribution in [0, 0.1) is 5.92 Å². The van der Waals surface area contributed by atoms with Crippen LogP contribution >= 0.6 is 0 Å². The third-order valence-corrected chi connectivity index (χ3v) is 5.15. The highest BCUT2D eigenvalue weighted by Crippen LogP contribution is 2.36. The summed E-state index contributed by atoms with van der Waals surface area (Å²) in [5, 5.41) is 5.52. The molecule has 0 radical (unpaired) electrons. The zero-order chi connectivity index (χ0) is 18.0. The van der Waals surface area contributed by atoms with E-state index in [-0.39, 0.29) is 12.5 Å². The molecular weight excluding hydrogens is 320 g/mol. The molecular formula is C18H24N4O3. The maximum Gasteiger partial charge on any atom is 0.325 e. The van der Waals surface area contributed by atoms with Gasteiger partial charge in [-0.25, -0.2) is 4.79 Å². The molecule has 1 heterocycles. The second-order valence-electron chi connectivity index (χ2n) is 7.04. The highest BCUT2D eigenvalue weighted by atomic mass is 16.2. The summed E-state index contributed by atoms with van der Waals surface area (Å²) < 4.78 is 0. The summed E-state index contributed by atoms with van der Waals surface area (Å²) in [6.07, 6.45) is 3.08. The van der Waals surface area contributed by atoms with Crippen molar-refractivity contribution >= 4 is 23.5 Å². The zero-order valence-electron chi connectivity index (χ0n) is 14.4. The topological polar surface area (TPSA) is 105 Å². The lowest BCUT2D eigenvalue weighted by Gasteiger charge is -2.33. The van der Waals surface area contributed by atoms with E-state index >= 15 is 0 Å². The Morgan fingerprint density at radius 3 is 2.52 bits per heavy atom. The van der Waals surface area contributed by atoms with Gasteiger partial charge in [-0.05, 0) is 49.3 Å². The Balaban J connectivity index is 1.62. The molecule has 134 valence electrons. The molecule has 25 heavy (non-hydrogen) atoms. The van der Waals surface area contributed by atoms with E-state index in [0.29, 0.717) is 31.0 Å². The summed E-state index contributed by atoms with van der Waals surface area (Å²) >= 11 is 0. The van der Waals surface area contributed by atoms with E-state index in [9.17, 15) is 14.4 Å². The van der Waals surface area contributed by atoms with Crippen LogP contribution in [0.3, 0.4) is 0 Å². The minimum atomic E-state index is -0.813. The standard InChI is InChI=1S/C18H24N4O3/c1-12-6-8-18(9-7-12)16(24)22(17(25)21-18)11-15(23)20-14-4-2-13(10-19)3-5-14/h2-5,12H,6-11,19H2,1H3,(H,20,23)(H,21,25). The summed E-state index contributed by atoms with van der Waals surface area (Å²) in [6.45, 7) is 2.30. The smallest absolute Gasteiger partial charge is 0.325 e. The highest BCUT2D eigenvalue weighted by Gasteiger charge is 2.52. The first-order chi connectivity index (χ1) is 11.9. The van der Waals surface area contributed by atoms with Crippen LogP contribution in [0.5, 0.6) is 0 Å². The molecule has 4 N–H and O–H groups in total. The molecule has 7 nitrogen and oxygen atoms in total. The van der Waals surface area contributed by atoms with Crippen molar-refractivity contribution in [2.24, 2.45) is 11.7 Å². The fraction of sp³-hybridized carbons (Fsp3) is 0.500. The first-order valence-corrected chi connectivity index (χ1v) is 8.66. The molecule has 1 spiro atoms. The van der Waals surface area contributed by atoms with E-state index in [4.69, 9.17) is 5.73 Å². The van der Waals surface area contributed by atoms with Gasteiger partial charge in [-0.1, -0.05) is 19.1 Å².